The minimum absolute atomic E-state index is 0. The second-order valence-electron chi connectivity index (χ2n) is 4.24. The highest BCUT2D eigenvalue weighted by atomic mass is 35.5. The third-order valence-electron chi connectivity index (χ3n) is 2.98. The number of rotatable bonds is 3. The van der Waals surface area contributed by atoms with Gasteiger partial charge in [0, 0.05) is 6.54 Å². The van der Waals surface area contributed by atoms with Gasteiger partial charge in [0.1, 0.15) is 11.5 Å². The molecule has 1 saturated carbocycles. The number of nitrogen functional groups attached to an aromatic ring is 1. The van der Waals surface area contributed by atoms with Gasteiger partial charge in [0.2, 0.25) is 0 Å². The van der Waals surface area contributed by atoms with Gasteiger partial charge in [-0.15, -0.1) is 17.5 Å². The topological polar surface area (TPSA) is 80.6 Å². The fourth-order valence-corrected chi connectivity index (χ4v) is 2.15. The van der Waals surface area contributed by atoms with E-state index in [2.05, 4.69) is 10.3 Å². The van der Waals surface area contributed by atoms with Crippen LogP contribution in [0, 0.1) is 11.3 Å². The summed E-state index contributed by atoms with van der Waals surface area (Å²) < 4.78 is 1.81. The number of nitrogens with zero attached hydrogens (tertiary/aromatic N) is 3. The van der Waals surface area contributed by atoms with Crippen molar-refractivity contribution in [2.45, 2.75) is 38.6 Å². The van der Waals surface area contributed by atoms with E-state index in [0.29, 0.717) is 5.69 Å². The Morgan fingerprint density at radius 1 is 1.44 bits per heavy atom. The average Bonchev–Trinajstić information content (AvgIpc) is 2.68. The Morgan fingerprint density at radius 3 is 2.69 bits per heavy atom. The lowest BCUT2D eigenvalue weighted by Crippen LogP contribution is -2.14. The van der Waals surface area contributed by atoms with Crippen LogP contribution < -0.4 is 5.73 Å². The van der Waals surface area contributed by atoms with E-state index < -0.39 is 0 Å². The maximum atomic E-state index is 7.23. The van der Waals surface area contributed by atoms with Crippen LogP contribution in [0.3, 0.4) is 0 Å². The predicted molar refractivity (Wildman–Crippen MR) is 64.9 cm³/mol. The van der Waals surface area contributed by atoms with Crippen molar-refractivity contribution in [1.82, 2.24) is 15.0 Å². The minimum Gasteiger partial charge on any atom is -0.382 e. The van der Waals surface area contributed by atoms with Crippen LogP contribution in [0.25, 0.3) is 0 Å². The summed E-state index contributed by atoms with van der Waals surface area (Å²) in [6.45, 7) is 0.917. The predicted octanol–water partition coefficient (Wildman–Crippen LogP) is 1.56. The molecule has 16 heavy (non-hydrogen) atoms. The molecule has 2 rings (SSSR count). The largest absolute Gasteiger partial charge is 0.382 e. The molecule has 3 N–H and O–H groups in total. The molecule has 0 saturated heterocycles. The lowest BCUT2D eigenvalue weighted by Gasteiger charge is -2.20. The fraction of sp³-hybridized carbons (Fsp3) is 0.700. The van der Waals surface area contributed by atoms with Gasteiger partial charge in [0.15, 0.2) is 0 Å². The van der Waals surface area contributed by atoms with Crippen LogP contribution in [-0.4, -0.2) is 20.8 Å². The highest BCUT2D eigenvalue weighted by molar-refractivity contribution is 5.92. The summed E-state index contributed by atoms with van der Waals surface area (Å²) >= 11 is 0. The van der Waals surface area contributed by atoms with E-state index in [9.17, 15) is 0 Å². The van der Waals surface area contributed by atoms with Crippen molar-refractivity contribution in [2.24, 2.45) is 11.7 Å². The summed E-state index contributed by atoms with van der Waals surface area (Å²) in [4.78, 5) is 0. The zero-order valence-corrected chi connectivity index (χ0v) is 10.0. The Kier molecular flexibility index (Phi) is 4.73. The van der Waals surface area contributed by atoms with Crippen LogP contribution in [-0.2, 0) is 6.54 Å². The Bertz CT molecular complexity index is 343. The van der Waals surface area contributed by atoms with Gasteiger partial charge in [-0.3, -0.25) is 10.1 Å². The summed E-state index contributed by atoms with van der Waals surface area (Å²) in [6, 6.07) is 0. The summed E-state index contributed by atoms with van der Waals surface area (Å²) in [5.41, 5.74) is 5.81. The molecule has 90 valence electrons. The molecule has 0 aromatic carbocycles. The van der Waals surface area contributed by atoms with Crippen molar-refractivity contribution in [2.75, 3.05) is 0 Å². The normalized spacial score (nSPS) is 16.8. The van der Waals surface area contributed by atoms with Gasteiger partial charge in [0.25, 0.3) is 0 Å². The van der Waals surface area contributed by atoms with Crippen molar-refractivity contribution in [3.63, 3.8) is 0 Å². The van der Waals surface area contributed by atoms with Gasteiger partial charge in [0.05, 0.1) is 6.20 Å². The van der Waals surface area contributed by atoms with Crippen LogP contribution in [0.5, 0.6) is 0 Å². The molecule has 5 nitrogen and oxygen atoms in total. The van der Waals surface area contributed by atoms with E-state index in [1.807, 2.05) is 4.68 Å². The van der Waals surface area contributed by atoms with Crippen molar-refractivity contribution in [3.8, 4) is 0 Å². The van der Waals surface area contributed by atoms with Gasteiger partial charge >= 0.3 is 0 Å². The van der Waals surface area contributed by atoms with Crippen LogP contribution in [0.4, 0.5) is 0 Å². The zero-order valence-electron chi connectivity index (χ0n) is 9.22. The number of hydrogen-bond acceptors (Lipinski definition) is 3. The molecule has 1 heterocycles. The smallest absolute Gasteiger partial charge is 0.147 e. The Balaban J connectivity index is 0.00000128. The minimum atomic E-state index is -0.00936. The van der Waals surface area contributed by atoms with Gasteiger partial charge in [-0.2, -0.15) is 0 Å². The van der Waals surface area contributed by atoms with E-state index in [-0.39, 0.29) is 18.2 Å². The van der Waals surface area contributed by atoms with E-state index in [1.165, 1.54) is 32.1 Å². The molecule has 0 unspecified atom stereocenters. The second-order valence-corrected chi connectivity index (χ2v) is 4.24. The van der Waals surface area contributed by atoms with Crippen molar-refractivity contribution >= 4 is 18.2 Å². The molecule has 0 bridgehead atoms. The first-order valence-electron chi connectivity index (χ1n) is 5.50. The second kappa shape index (κ2) is 5.84. The first kappa shape index (κ1) is 13.0. The van der Waals surface area contributed by atoms with Crippen LogP contribution in [0.15, 0.2) is 6.20 Å². The summed E-state index contributed by atoms with van der Waals surface area (Å²) in [5.74, 6) is 0.713. The highest BCUT2D eigenvalue weighted by Crippen LogP contribution is 2.24. The summed E-state index contributed by atoms with van der Waals surface area (Å²) in [7, 11) is 0. The van der Waals surface area contributed by atoms with Gasteiger partial charge < -0.3 is 5.73 Å². The van der Waals surface area contributed by atoms with Gasteiger partial charge in [-0.25, -0.2) is 0 Å². The molecule has 0 atom stereocenters. The number of aromatic nitrogens is 3. The van der Waals surface area contributed by atoms with E-state index >= 15 is 0 Å². The molecular formula is C10H18ClN5. The number of nitrogens with one attached hydrogen (secondary N) is 1. The number of nitrogens with two attached hydrogens (primary N) is 1. The number of hydrogen-bond donors (Lipinski definition) is 2. The number of halogens is 1. The Hall–Kier alpha value is -1.10. The van der Waals surface area contributed by atoms with Crippen molar-refractivity contribution in [1.29, 1.82) is 5.41 Å². The maximum absolute atomic E-state index is 7.23. The highest BCUT2D eigenvalue weighted by Gasteiger charge is 2.14. The molecule has 0 aliphatic heterocycles. The third-order valence-corrected chi connectivity index (χ3v) is 2.98. The van der Waals surface area contributed by atoms with Crippen LogP contribution in [0.2, 0.25) is 0 Å². The fourth-order valence-electron chi connectivity index (χ4n) is 2.15. The molecule has 1 aromatic heterocycles. The van der Waals surface area contributed by atoms with Gasteiger partial charge in [-0.1, -0.05) is 24.5 Å². The molecule has 1 aliphatic carbocycles. The molecule has 0 spiro atoms. The Morgan fingerprint density at radius 2 is 2.12 bits per heavy atom. The molecule has 0 radical (unpaired) electrons. The standard InChI is InChI=1S/C10H17N5.ClH/c11-10(12)9-7-15(14-13-9)6-8-4-2-1-3-5-8;/h7-8H,1-6H2,(H3,11,12);1H. The van der Waals surface area contributed by atoms with Gasteiger partial charge in [-0.05, 0) is 18.8 Å². The molecule has 1 fully saturated rings. The van der Waals surface area contributed by atoms with Crippen LogP contribution >= 0.6 is 12.4 Å². The average molecular weight is 244 g/mol. The van der Waals surface area contributed by atoms with Crippen molar-refractivity contribution in [3.05, 3.63) is 11.9 Å². The SMILES string of the molecule is Cl.N=C(N)c1cn(CC2CCCCC2)nn1. The van der Waals surface area contributed by atoms with E-state index in [0.717, 1.165) is 12.5 Å². The lowest BCUT2D eigenvalue weighted by molar-refractivity contribution is 0.305. The first-order valence-corrected chi connectivity index (χ1v) is 5.50. The van der Waals surface area contributed by atoms with E-state index in [1.54, 1.807) is 6.20 Å². The summed E-state index contributed by atoms with van der Waals surface area (Å²) in [5, 5.41) is 15.1. The maximum Gasteiger partial charge on any atom is 0.147 e. The monoisotopic (exact) mass is 243 g/mol. The third kappa shape index (κ3) is 3.20. The number of amidine groups is 1. The quantitative estimate of drug-likeness (QED) is 0.625. The lowest BCUT2D eigenvalue weighted by atomic mass is 9.89. The van der Waals surface area contributed by atoms with Crippen molar-refractivity contribution < 1.29 is 0 Å². The van der Waals surface area contributed by atoms with E-state index in [4.69, 9.17) is 11.1 Å². The molecule has 6 heteroatoms. The molecular weight excluding hydrogens is 226 g/mol. The Labute approximate surface area is 101 Å². The van der Waals surface area contributed by atoms with Crippen LogP contribution in [0.1, 0.15) is 37.8 Å². The molecule has 1 aromatic rings. The molecule has 1 aliphatic rings. The first-order chi connectivity index (χ1) is 7.25. The molecule has 0 amide bonds. The summed E-state index contributed by atoms with van der Waals surface area (Å²) in [6.07, 6.45) is 8.37. The zero-order chi connectivity index (χ0) is 10.7.